The van der Waals surface area contributed by atoms with E-state index in [9.17, 15) is 4.79 Å². The molecule has 4 rings (SSSR count). The molecule has 1 saturated carbocycles. The SMILES string of the molecule is CN(C)c1cncc2sc3c(=O)n(C4CCCCCC4)cnc3c12. The number of nitrogens with zero attached hydrogens (tertiary/aromatic N) is 4. The van der Waals surface area contributed by atoms with Gasteiger partial charge in [0, 0.05) is 31.7 Å². The van der Waals surface area contributed by atoms with Gasteiger partial charge < -0.3 is 4.90 Å². The molecule has 6 heteroatoms. The summed E-state index contributed by atoms with van der Waals surface area (Å²) in [5.41, 5.74) is 1.94. The zero-order chi connectivity index (χ0) is 16.7. The van der Waals surface area contributed by atoms with Gasteiger partial charge in [0.1, 0.15) is 4.70 Å². The third-order valence-electron chi connectivity index (χ3n) is 4.99. The molecule has 0 bridgehead atoms. The minimum absolute atomic E-state index is 0.109. The summed E-state index contributed by atoms with van der Waals surface area (Å²) in [6.07, 6.45) is 12.6. The van der Waals surface area contributed by atoms with E-state index >= 15 is 0 Å². The molecule has 3 aromatic heterocycles. The van der Waals surface area contributed by atoms with Crippen LogP contribution in [-0.2, 0) is 0 Å². The summed E-state index contributed by atoms with van der Waals surface area (Å²) in [5, 5.41) is 1.04. The summed E-state index contributed by atoms with van der Waals surface area (Å²) in [4.78, 5) is 24.1. The van der Waals surface area contributed by atoms with Crippen molar-refractivity contribution in [2.75, 3.05) is 19.0 Å². The van der Waals surface area contributed by atoms with Gasteiger partial charge in [0.2, 0.25) is 0 Å². The highest BCUT2D eigenvalue weighted by molar-refractivity contribution is 7.25. The van der Waals surface area contributed by atoms with Gasteiger partial charge in [-0.15, -0.1) is 11.3 Å². The fourth-order valence-corrected chi connectivity index (χ4v) is 4.79. The molecule has 0 saturated heterocycles. The fourth-order valence-electron chi connectivity index (χ4n) is 3.71. The summed E-state index contributed by atoms with van der Waals surface area (Å²) in [5.74, 6) is 0. The Hall–Kier alpha value is -1.95. The van der Waals surface area contributed by atoms with E-state index in [1.54, 1.807) is 6.33 Å². The first-order valence-corrected chi connectivity index (χ1v) is 9.43. The van der Waals surface area contributed by atoms with Crippen LogP contribution in [0.2, 0.25) is 0 Å². The number of hydrogen-bond acceptors (Lipinski definition) is 5. The Labute approximate surface area is 145 Å². The zero-order valence-electron chi connectivity index (χ0n) is 14.2. The summed E-state index contributed by atoms with van der Waals surface area (Å²) < 4.78 is 3.67. The third kappa shape index (κ3) is 2.49. The van der Waals surface area contributed by atoms with Crippen LogP contribution in [0.25, 0.3) is 20.3 Å². The highest BCUT2D eigenvalue weighted by Gasteiger charge is 2.20. The van der Waals surface area contributed by atoms with Crippen molar-refractivity contribution in [3.8, 4) is 0 Å². The van der Waals surface area contributed by atoms with Gasteiger partial charge in [-0.1, -0.05) is 25.7 Å². The van der Waals surface area contributed by atoms with Gasteiger partial charge in [0.05, 0.1) is 28.4 Å². The highest BCUT2D eigenvalue weighted by atomic mass is 32.1. The molecule has 0 atom stereocenters. The van der Waals surface area contributed by atoms with Crippen molar-refractivity contribution < 1.29 is 0 Å². The van der Waals surface area contributed by atoms with Crippen LogP contribution in [0.5, 0.6) is 0 Å². The predicted octanol–water partition coefficient (Wildman–Crippen LogP) is 3.97. The number of aromatic nitrogens is 3. The first-order chi connectivity index (χ1) is 11.7. The number of rotatable bonds is 2. The summed E-state index contributed by atoms with van der Waals surface area (Å²) >= 11 is 1.52. The van der Waals surface area contributed by atoms with Crippen molar-refractivity contribution in [2.45, 2.75) is 44.6 Å². The summed E-state index contributed by atoms with van der Waals surface area (Å²) in [6, 6.07) is 0.300. The van der Waals surface area contributed by atoms with Crippen LogP contribution < -0.4 is 10.5 Å². The monoisotopic (exact) mass is 342 g/mol. The minimum atomic E-state index is 0.109. The first kappa shape index (κ1) is 15.6. The lowest BCUT2D eigenvalue weighted by Crippen LogP contribution is -2.24. The van der Waals surface area contributed by atoms with E-state index in [1.165, 1.54) is 37.0 Å². The topological polar surface area (TPSA) is 51.0 Å². The maximum Gasteiger partial charge on any atom is 0.271 e. The number of fused-ring (bicyclic) bond motifs is 3. The maximum absolute atomic E-state index is 13.1. The molecule has 0 radical (unpaired) electrons. The second-order valence-electron chi connectivity index (χ2n) is 6.81. The lowest BCUT2D eigenvalue weighted by atomic mass is 10.1. The van der Waals surface area contributed by atoms with Gasteiger partial charge in [-0.2, -0.15) is 0 Å². The molecule has 3 aromatic rings. The Bertz CT molecular complexity index is 935. The Balaban J connectivity index is 1.92. The lowest BCUT2D eigenvalue weighted by molar-refractivity contribution is 0.430. The normalized spacial score (nSPS) is 16.6. The van der Waals surface area contributed by atoms with Crippen molar-refractivity contribution in [1.82, 2.24) is 14.5 Å². The smallest absolute Gasteiger partial charge is 0.271 e. The van der Waals surface area contributed by atoms with Crippen molar-refractivity contribution in [3.05, 3.63) is 29.1 Å². The van der Waals surface area contributed by atoms with Crippen molar-refractivity contribution in [2.24, 2.45) is 0 Å². The fraction of sp³-hybridized carbons (Fsp3) is 0.500. The quantitative estimate of drug-likeness (QED) is 0.661. The second-order valence-corrected chi connectivity index (χ2v) is 7.86. The molecule has 0 spiro atoms. The standard InChI is InChI=1S/C18H22N4OS/c1-21(2)13-9-19-10-14-15(13)16-17(24-14)18(23)22(11-20-16)12-7-5-3-4-6-8-12/h9-12H,3-8H2,1-2H3. The average Bonchev–Trinajstić information content (AvgIpc) is 2.76. The first-order valence-electron chi connectivity index (χ1n) is 8.61. The van der Waals surface area contributed by atoms with Gasteiger partial charge in [-0.25, -0.2) is 4.98 Å². The molecule has 24 heavy (non-hydrogen) atoms. The van der Waals surface area contributed by atoms with Gasteiger partial charge >= 0.3 is 0 Å². The maximum atomic E-state index is 13.1. The Morgan fingerprint density at radius 3 is 2.62 bits per heavy atom. The molecule has 3 heterocycles. The van der Waals surface area contributed by atoms with E-state index in [0.717, 1.165) is 38.8 Å². The molecule has 0 unspecified atom stereocenters. The Morgan fingerprint density at radius 1 is 1.17 bits per heavy atom. The van der Waals surface area contributed by atoms with E-state index in [-0.39, 0.29) is 5.56 Å². The lowest BCUT2D eigenvalue weighted by Gasteiger charge is -2.17. The van der Waals surface area contributed by atoms with Crippen molar-refractivity contribution in [1.29, 1.82) is 0 Å². The molecule has 0 aromatic carbocycles. The Morgan fingerprint density at radius 2 is 1.92 bits per heavy atom. The van der Waals surface area contributed by atoms with E-state index in [2.05, 4.69) is 4.98 Å². The average molecular weight is 342 g/mol. The predicted molar refractivity (Wildman–Crippen MR) is 100 cm³/mol. The number of thiophene rings is 1. The summed E-state index contributed by atoms with van der Waals surface area (Å²) in [7, 11) is 3.99. The van der Waals surface area contributed by atoms with Crippen LogP contribution in [-0.4, -0.2) is 28.6 Å². The molecule has 0 N–H and O–H groups in total. The van der Waals surface area contributed by atoms with E-state index in [1.807, 2.05) is 36.0 Å². The van der Waals surface area contributed by atoms with Crippen LogP contribution in [0.4, 0.5) is 5.69 Å². The van der Waals surface area contributed by atoms with Gasteiger partial charge in [-0.3, -0.25) is 14.3 Å². The minimum Gasteiger partial charge on any atom is -0.376 e. The molecule has 1 fully saturated rings. The van der Waals surface area contributed by atoms with Gasteiger partial charge in [0.15, 0.2) is 0 Å². The van der Waals surface area contributed by atoms with E-state index in [4.69, 9.17) is 4.98 Å². The van der Waals surface area contributed by atoms with Crippen LogP contribution >= 0.6 is 11.3 Å². The molecule has 5 nitrogen and oxygen atoms in total. The number of hydrogen-bond donors (Lipinski definition) is 0. The van der Waals surface area contributed by atoms with Crippen LogP contribution in [0.1, 0.15) is 44.6 Å². The van der Waals surface area contributed by atoms with Gasteiger partial charge in [0.25, 0.3) is 5.56 Å². The highest BCUT2D eigenvalue weighted by Crippen LogP contribution is 2.36. The van der Waals surface area contributed by atoms with E-state index < -0.39 is 0 Å². The molecule has 1 aliphatic rings. The van der Waals surface area contributed by atoms with E-state index in [0.29, 0.717) is 6.04 Å². The van der Waals surface area contributed by atoms with Gasteiger partial charge in [-0.05, 0) is 12.8 Å². The van der Waals surface area contributed by atoms with Crippen LogP contribution in [0, 0.1) is 0 Å². The molecular formula is C18H22N4OS. The second kappa shape index (κ2) is 6.16. The zero-order valence-corrected chi connectivity index (χ0v) is 15.0. The molecule has 0 aliphatic heterocycles. The van der Waals surface area contributed by atoms with Crippen LogP contribution in [0.3, 0.4) is 0 Å². The van der Waals surface area contributed by atoms with Crippen molar-refractivity contribution >= 4 is 37.3 Å². The third-order valence-corrected chi connectivity index (χ3v) is 6.10. The molecule has 0 amide bonds. The molecular weight excluding hydrogens is 320 g/mol. The Kier molecular flexibility index (Phi) is 4.00. The number of pyridine rings is 1. The van der Waals surface area contributed by atoms with Crippen molar-refractivity contribution in [3.63, 3.8) is 0 Å². The largest absolute Gasteiger partial charge is 0.376 e. The molecule has 1 aliphatic carbocycles. The summed E-state index contributed by atoms with van der Waals surface area (Å²) in [6.45, 7) is 0. The molecule has 126 valence electrons. The van der Waals surface area contributed by atoms with Crippen LogP contribution in [0.15, 0.2) is 23.5 Å². The number of anilines is 1.